The van der Waals surface area contributed by atoms with Gasteiger partial charge in [-0.3, -0.25) is 9.78 Å². The van der Waals surface area contributed by atoms with E-state index in [-0.39, 0.29) is 5.91 Å². The van der Waals surface area contributed by atoms with E-state index in [1.807, 2.05) is 18.0 Å². The van der Waals surface area contributed by atoms with Crippen molar-refractivity contribution in [2.75, 3.05) is 25.5 Å². The quantitative estimate of drug-likeness (QED) is 0.918. The van der Waals surface area contributed by atoms with Gasteiger partial charge in [-0.25, -0.2) is 0 Å². The number of aromatic nitrogens is 1. The van der Waals surface area contributed by atoms with Gasteiger partial charge in [0.05, 0.1) is 5.56 Å². The molecule has 1 fully saturated rings. The fourth-order valence-electron chi connectivity index (χ4n) is 3.09. The number of nitrogens with zero attached hydrogens (tertiary/aromatic N) is 2. The van der Waals surface area contributed by atoms with E-state index in [4.69, 9.17) is 0 Å². The molecule has 0 bridgehead atoms. The highest BCUT2D eigenvalue weighted by atomic mass is 16.2. The van der Waals surface area contributed by atoms with E-state index in [1.165, 1.54) is 12.8 Å². The Morgan fingerprint density at radius 3 is 2.55 bits per heavy atom. The Morgan fingerprint density at radius 1 is 1.35 bits per heavy atom. The minimum absolute atomic E-state index is 0.100. The molecular weight excluding hydrogens is 250 g/mol. The first kappa shape index (κ1) is 14.8. The van der Waals surface area contributed by atoms with E-state index < -0.39 is 0 Å². The Labute approximate surface area is 121 Å². The van der Waals surface area contributed by atoms with Gasteiger partial charge in [0.2, 0.25) is 0 Å². The lowest BCUT2D eigenvalue weighted by Crippen LogP contribution is -2.43. The van der Waals surface area contributed by atoms with Gasteiger partial charge >= 0.3 is 0 Å². The number of nitrogens with one attached hydrogen (secondary N) is 1. The fraction of sp³-hybridized carbons (Fsp3) is 0.625. The number of likely N-dealkylation sites (tertiary alicyclic amines) is 1. The highest BCUT2D eigenvalue weighted by Gasteiger charge is 2.33. The standard InChI is InChI=1S/C16H25N3O/c1-4-16(5-2)7-10-19(11-8-16)15(20)13-12-18-9-6-14(13)17-3/h6,9,12H,4-5,7-8,10-11H2,1-3H3,(H,17,18). The number of hydrogen-bond acceptors (Lipinski definition) is 3. The van der Waals surface area contributed by atoms with Crippen LogP contribution in [0.2, 0.25) is 0 Å². The molecule has 1 aromatic rings. The summed E-state index contributed by atoms with van der Waals surface area (Å²) in [6, 6.07) is 1.85. The Hall–Kier alpha value is -1.58. The second-order valence-electron chi connectivity index (χ2n) is 5.67. The third-order valence-electron chi connectivity index (χ3n) is 4.93. The molecule has 1 N–H and O–H groups in total. The van der Waals surface area contributed by atoms with E-state index in [9.17, 15) is 4.79 Å². The second kappa shape index (κ2) is 6.25. The lowest BCUT2D eigenvalue weighted by Gasteiger charge is -2.41. The normalized spacial score (nSPS) is 17.9. The van der Waals surface area contributed by atoms with Crippen LogP contribution in [0.1, 0.15) is 49.9 Å². The first-order valence-corrected chi connectivity index (χ1v) is 7.57. The molecule has 2 rings (SSSR count). The maximum atomic E-state index is 12.6. The van der Waals surface area contributed by atoms with Crippen molar-refractivity contribution in [3.63, 3.8) is 0 Å². The third kappa shape index (κ3) is 2.79. The Morgan fingerprint density at radius 2 is 2.00 bits per heavy atom. The zero-order chi connectivity index (χ0) is 14.6. The number of hydrogen-bond donors (Lipinski definition) is 1. The summed E-state index contributed by atoms with van der Waals surface area (Å²) in [5, 5.41) is 3.07. The van der Waals surface area contributed by atoms with Gasteiger partial charge < -0.3 is 10.2 Å². The summed E-state index contributed by atoms with van der Waals surface area (Å²) in [4.78, 5) is 18.7. The lowest BCUT2D eigenvalue weighted by atomic mass is 9.74. The van der Waals surface area contributed by atoms with Crippen LogP contribution in [0, 0.1) is 5.41 Å². The van der Waals surface area contributed by atoms with E-state index in [2.05, 4.69) is 24.1 Å². The summed E-state index contributed by atoms with van der Waals surface area (Å²) in [5.41, 5.74) is 1.97. The molecule has 0 unspecified atom stereocenters. The van der Waals surface area contributed by atoms with Gasteiger partial charge in [0.1, 0.15) is 0 Å². The molecule has 1 saturated heterocycles. The largest absolute Gasteiger partial charge is 0.387 e. The van der Waals surface area contributed by atoms with E-state index >= 15 is 0 Å². The molecule has 1 aliphatic rings. The highest BCUT2D eigenvalue weighted by Crippen LogP contribution is 2.38. The zero-order valence-electron chi connectivity index (χ0n) is 12.8. The molecule has 1 aliphatic heterocycles. The van der Waals surface area contributed by atoms with Gasteiger partial charge in [-0.15, -0.1) is 0 Å². The average molecular weight is 275 g/mol. The summed E-state index contributed by atoms with van der Waals surface area (Å²) < 4.78 is 0. The van der Waals surface area contributed by atoms with Gasteiger partial charge in [-0.1, -0.05) is 26.7 Å². The predicted molar refractivity (Wildman–Crippen MR) is 81.9 cm³/mol. The maximum Gasteiger partial charge on any atom is 0.257 e. The number of pyridine rings is 1. The summed E-state index contributed by atoms with van der Waals surface area (Å²) in [6.45, 7) is 6.25. The van der Waals surface area contributed by atoms with Crippen molar-refractivity contribution in [3.05, 3.63) is 24.0 Å². The second-order valence-corrected chi connectivity index (χ2v) is 5.67. The molecule has 2 heterocycles. The molecule has 0 spiro atoms. The van der Waals surface area contributed by atoms with Crippen LogP contribution in [0.15, 0.2) is 18.5 Å². The molecule has 0 radical (unpaired) electrons. The Balaban J connectivity index is 2.09. The highest BCUT2D eigenvalue weighted by molar-refractivity contribution is 5.99. The van der Waals surface area contributed by atoms with Crippen molar-refractivity contribution >= 4 is 11.6 Å². The molecule has 1 amide bonds. The van der Waals surface area contributed by atoms with Gasteiger partial charge in [0.25, 0.3) is 5.91 Å². The summed E-state index contributed by atoms with van der Waals surface area (Å²) in [5.74, 6) is 0.100. The summed E-state index contributed by atoms with van der Waals surface area (Å²) >= 11 is 0. The van der Waals surface area contributed by atoms with Crippen molar-refractivity contribution in [2.24, 2.45) is 5.41 Å². The van der Waals surface area contributed by atoms with Crippen LogP contribution >= 0.6 is 0 Å². The summed E-state index contributed by atoms with van der Waals surface area (Å²) in [6.07, 6.45) is 8.01. The van der Waals surface area contributed by atoms with E-state index in [0.717, 1.165) is 31.6 Å². The van der Waals surface area contributed by atoms with Crippen molar-refractivity contribution in [1.82, 2.24) is 9.88 Å². The number of anilines is 1. The molecule has 4 heteroatoms. The fourth-order valence-corrected chi connectivity index (χ4v) is 3.09. The van der Waals surface area contributed by atoms with Gasteiger partial charge in [0.15, 0.2) is 0 Å². The number of rotatable bonds is 4. The minimum atomic E-state index is 0.100. The van der Waals surface area contributed by atoms with E-state index in [1.54, 1.807) is 12.4 Å². The molecule has 0 atom stereocenters. The van der Waals surface area contributed by atoms with Crippen LogP contribution in [-0.4, -0.2) is 35.9 Å². The van der Waals surface area contributed by atoms with Crippen LogP contribution in [0.3, 0.4) is 0 Å². The van der Waals surface area contributed by atoms with Crippen molar-refractivity contribution in [2.45, 2.75) is 39.5 Å². The monoisotopic (exact) mass is 275 g/mol. The van der Waals surface area contributed by atoms with Crippen molar-refractivity contribution in [3.8, 4) is 0 Å². The molecule has 110 valence electrons. The first-order valence-electron chi connectivity index (χ1n) is 7.57. The van der Waals surface area contributed by atoms with Crippen LogP contribution < -0.4 is 5.32 Å². The smallest absolute Gasteiger partial charge is 0.257 e. The molecule has 0 aromatic carbocycles. The summed E-state index contributed by atoms with van der Waals surface area (Å²) in [7, 11) is 1.83. The topological polar surface area (TPSA) is 45.2 Å². The molecule has 0 saturated carbocycles. The van der Waals surface area contributed by atoms with Crippen molar-refractivity contribution < 1.29 is 4.79 Å². The molecule has 4 nitrogen and oxygen atoms in total. The Kier molecular flexibility index (Phi) is 4.63. The molecule has 0 aliphatic carbocycles. The van der Waals surface area contributed by atoms with Crippen LogP contribution in [0.5, 0.6) is 0 Å². The number of carbonyl (C=O) groups is 1. The minimum Gasteiger partial charge on any atom is -0.387 e. The van der Waals surface area contributed by atoms with E-state index in [0.29, 0.717) is 11.0 Å². The van der Waals surface area contributed by atoms with Crippen molar-refractivity contribution in [1.29, 1.82) is 0 Å². The van der Waals surface area contributed by atoms with Gasteiger partial charge in [0, 0.05) is 38.2 Å². The first-order chi connectivity index (χ1) is 9.65. The molecule has 1 aromatic heterocycles. The van der Waals surface area contributed by atoms with Crippen LogP contribution in [-0.2, 0) is 0 Å². The zero-order valence-corrected chi connectivity index (χ0v) is 12.8. The average Bonchev–Trinajstić information content (AvgIpc) is 2.54. The number of carbonyl (C=O) groups excluding carboxylic acids is 1. The molecular formula is C16H25N3O. The van der Waals surface area contributed by atoms with Gasteiger partial charge in [-0.05, 0) is 24.3 Å². The Bertz CT molecular complexity index is 459. The third-order valence-corrected chi connectivity index (χ3v) is 4.93. The lowest BCUT2D eigenvalue weighted by molar-refractivity contribution is 0.0558. The maximum absolute atomic E-state index is 12.6. The van der Waals surface area contributed by atoms with Gasteiger partial charge in [-0.2, -0.15) is 0 Å². The SMILES string of the molecule is CCC1(CC)CCN(C(=O)c2cnccc2NC)CC1. The number of amides is 1. The number of piperidine rings is 1. The predicted octanol–water partition coefficient (Wildman–Crippen LogP) is 3.17. The van der Waals surface area contributed by atoms with Crippen LogP contribution in [0.25, 0.3) is 0 Å². The molecule has 20 heavy (non-hydrogen) atoms. The van der Waals surface area contributed by atoms with Crippen LogP contribution in [0.4, 0.5) is 5.69 Å².